The van der Waals surface area contributed by atoms with E-state index < -0.39 is 15.9 Å². The summed E-state index contributed by atoms with van der Waals surface area (Å²) in [5.41, 5.74) is 1.98. The Kier molecular flexibility index (Phi) is 6.26. The van der Waals surface area contributed by atoms with Crippen molar-refractivity contribution in [3.63, 3.8) is 0 Å². The van der Waals surface area contributed by atoms with Crippen LogP contribution in [0.4, 0.5) is 5.69 Å². The molecule has 0 atom stereocenters. The molecule has 0 radical (unpaired) electrons. The first-order valence-corrected chi connectivity index (χ1v) is 11.5. The van der Waals surface area contributed by atoms with Gasteiger partial charge in [-0.1, -0.05) is 24.3 Å². The van der Waals surface area contributed by atoms with E-state index in [0.717, 1.165) is 11.3 Å². The maximum Gasteiger partial charge on any atom is 0.280 e. The molecule has 9 nitrogen and oxygen atoms in total. The molecule has 0 bridgehead atoms. The standard InChI is InChI=1S/C22H24N4O5S/c1-16-8-9-18(32(28,29)25-10-12-31-13-11-25)14-19(16)23-22(27)21-20(30-2)15-26(24-21)17-6-4-3-5-7-17/h3-9,14-15H,10-13H2,1-2H3,(H,23,27). The van der Waals surface area contributed by atoms with Crippen molar-refractivity contribution in [1.29, 1.82) is 0 Å². The average molecular weight is 457 g/mol. The van der Waals surface area contributed by atoms with Gasteiger partial charge in [-0.3, -0.25) is 4.79 Å². The maximum atomic E-state index is 13.0. The Morgan fingerprint density at radius 1 is 1.12 bits per heavy atom. The zero-order valence-electron chi connectivity index (χ0n) is 17.8. The predicted molar refractivity (Wildman–Crippen MR) is 119 cm³/mol. The smallest absolute Gasteiger partial charge is 0.280 e. The van der Waals surface area contributed by atoms with Crippen molar-refractivity contribution in [1.82, 2.24) is 14.1 Å². The van der Waals surface area contributed by atoms with E-state index >= 15 is 0 Å². The fourth-order valence-electron chi connectivity index (χ4n) is 3.39. The van der Waals surface area contributed by atoms with Crippen molar-refractivity contribution in [2.24, 2.45) is 0 Å². The molecule has 0 saturated carbocycles. The van der Waals surface area contributed by atoms with Crippen LogP contribution in [0.3, 0.4) is 0 Å². The third-order valence-electron chi connectivity index (χ3n) is 5.20. The highest BCUT2D eigenvalue weighted by molar-refractivity contribution is 7.89. The summed E-state index contributed by atoms with van der Waals surface area (Å²) in [4.78, 5) is 13.1. The fourth-order valence-corrected chi connectivity index (χ4v) is 4.83. The highest BCUT2D eigenvalue weighted by atomic mass is 32.2. The SMILES string of the molecule is COc1cn(-c2ccccc2)nc1C(=O)Nc1cc(S(=O)(=O)N2CCOCC2)ccc1C. The van der Waals surface area contributed by atoms with Crippen LogP contribution in [-0.4, -0.2) is 61.8 Å². The number of hydrogen-bond acceptors (Lipinski definition) is 6. The van der Waals surface area contributed by atoms with Crippen LogP contribution in [0.1, 0.15) is 16.1 Å². The number of benzene rings is 2. The summed E-state index contributed by atoms with van der Waals surface area (Å²) in [6.07, 6.45) is 1.62. The van der Waals surface area contributed by atoms with Gasteiger partial charge in [0.25, 0.3) is 5.91 Å². The van der Waals surface area contributed by atoms with Gasteiger partial charge in [0, 0.05) is 18.8 Å². The number of carbonyl (C=O) groups excluding carboxylic acids is 1. The van der Waals surface area contributed by atoms with E-state index in [1.54, 1.807) is 29.9 Å². The molecule has 1 N–H and O–H groups in total. The van der Waals surface area contributed by atoms with Crippen LogP contribution in [0, 0.1) is 6.92 Å². The minimum atomic E-state index is -3.69. The minimum absolute atomic E-state index is 0.0946. The van der Waals surface area contributed by atoms with Crippen molar-refractivity contribution >= 4 is 21.6 Å². The second-order valence-corrected chi connectivity index (χ2v) is 9.21. The summed E-state index contributed by atoms with van der Waals surface area (Å²) in [5.74, 6) is -0.193. The zero-order chi connectivity index (χ0) is 22.7. The number of ether oxygens (including phenoxy) is 2. The number of para-hydroxylation sites is 1. The van der Waals surface area contributed by atoms with Gasteiger partial charge in [0.1, 0.15) is 0 Å². The summed E-state index contributed by atoms with van der Waals surface area (Å²) >= 11 is 0. The lowest BCUT2D eigenvalue weighted by Crippen LogP contribution is -2.40. The topological polar surface area (TPSA) is 103 Å². The molecule has 1 aliphatic heterocycles. The Bertz CT molecular complexity index is 1220. The molecule has 2 heterocycles. The molecular formula is C22H24N4O5S. The molecule has 0 aliphatic carbocycles. The number of aromatic nitrogens is 2. The van der Waals surface area contributed by atoms with Gasteiger partial charge >= 0.3 is 0 Å². The Morgan fingerprint density at radius 2 is 1.84 bits per heavy atom. The number of nitrogens with one attached hydrogen (secondary N) is 1. The number of morpholine rings is 1. The molecule has 1 amide bonds. The predicted octanol–water partition coefficient (Wildman–Crippen LogP) is 2.46. The number of aryl methyl sites for hydroxylation is 1. The normalized spacial score (nSPS) is 14.8. The quantitative estimate of drug-likeness (QED) is 0.611. The molecular weight excluding hydrogens is 432 g/mol. The molecule has 1 fully saturated rings. The fraction of sp³-hybridized carbons (Fsp3) is 0.273. The van der Waals surface area contributed by atoms with Gasteiger partial charge in [0.05, 0.1) is 37.1 Å². The molecule has 4 rings (SSSR count). The summed E-state index contributed by atoms with van der Waals surface area (Å²) < 4.78 is 39.5. The van der Waals surface area contributed by atoms with E-state index in [4.69, 9.17) is 9.47 Å². The molecule has 1 aromatic heterocycles. The van der Waals surface area contributed by atoms with E-state index in [2.05, 4.69) is 10.4 Å². The largest absolute Gasteiger partial charge is 0.493 e. The van der Waals surface area contributed by atoms with Gasteiger partial charge < -0.3 is 14.8 Å². The van der Waals surface area contributed by atoms with Crippen molar-refractivity contribution in [3.8, 4) is 11.4 Å². The lowest BCUT2D eigenvalue weighted by atomic mass is 10.2. The van der Waals surface area contributed by atoms with Gasteiger partial charge in [0.2, 0.25) is 10.0 Å². The van der Waals surface area contributed by atoms with Crippen LogP contribution in [-0.2, 0) is 14.8 Å². The van der Waals surface area contributed by atoms with Gasteiger partial charge in [-0.05, 0) is 36.8 Å². The Labute approximate surface area is 186 Å². The van der Waals surface area contributed by atoms with Crippen molar-refractivity contribution < 1.29 is 22.7 Å². The van der Waals surface area contributed by atoms with Crippen molar-refractivity contribution in [3.05, 3.63) is 66.0 Å². The second kappa shape index (κ2) is 9.11. The number of hydrogen-bond donors (Lipinski definition) is 1. The van der Waals surface area contributed by atoms with E-state index in [-0.39, 0.29) is 10.6 Å². The van der Waals surface area contributed by atoms with E-state index in [9.17, 15) is 13.2 Å². The van der Waals surface area contributed by atoms with Gasteiger partial charge in [0.15, 0.2) is 11.4 Å². The monoisotopic (exact) mass is 456 g/mol. The van der Waals surface area contributed by atoms with Crippen molar-refractivity contribution in [2.45, 2.75) is 11.8 Å². The first-order chi connectivity index (χ1) is 15.4. The van der Waals surface area contributed by atoms with E-state index in [1.165, 1.54) is 17.5 Å². The van der Waals surface area contributed by atoms with E-state index in [1.807, 2.05) is 30.3 Å². The Morgan fingerprint density at radius 3 is 2.53 bits per heavy atom. The number of carbonyl (C=O) groups is 1. The number of amides is 1. The van der Waals surface area contributed by atoms with Crippen LogP contribution < -0.4 is 10.1 Å². The molecule has 1 saturated heterocycles. The maximum absolute atomic E-state index is 13.0. The third-order valence-corrected chi connectivity index (χ3v) is 7.10. The molecule has 0 unspecified atom stereocenters. The Balaban J connectivity index is 1.61. The van der Waals surface area contributed by atoms with E-state index in [0.29, 0.717) is 37.7 Å². The van der Waals surface area contributed by atoms with Gasteiger partial charge in [-0.2, -0.15) is 9.40 Å². The van der Waals surface area contributed by atoms with Crippen LogP contribution in [0.2, 0.25) is 0 Å². The van der Waals surface area contributed by atoms with Crippen LogP contribution in [0.5, 0.6) is 5.75 Å². The summed E-state index contributed by atoms with van der Waals surface area (Å²) in [6, 6.07) is 14.0. The number of sulfonamides is 1. The number of anilines is 1. The first-order valence-electron chi connectivity index (χ1n) is 10.1. The number of methoxy groups -OCH3 is 1. The zero-order valence-corrected chi connectivity index (χ0v) is 18.6. The lowest BCUT2D eigenvalue weighted by molar-refractivity contribution is 0.0730. The first kappa shape index (κ1) is 22.0. The van der Waals surface area contributed by atoms with Crippen LogP contribution >= 0.6 is 0 Å². The lowest BCUT2D eigenvalue weighted by Gasteiger charge is -2.26. The summed E-state index contributed by atoms with van der Waals surface area (Å²) in [7, 11) is -2.23. The van der Waals surface area contributed by atoms with Crippen LogP contribution in [0.15, 0.2) is 59.6 Å². The summed E-state index contributed by atoms with van der Waals surface area (Å²) in [6.45, 7) is 3.11. The molecule has 10 heteroatoms. The second-order valence-electron chi connectivity index (χ2n) is 7.27. The molecule has 2 aromatic carbocycles. The average Bonchev–Trinajstić information content (AvgIpc) is 3.26. The van der Waals surface area contributed by atoms with Crippen molar-refractivity contribution in [2.75, 3.05) is 38.7 Å². The minimum Gasteiger partial charge on any atom is -0.493 e. The Hall–Kier alpha value is -3.21. The van der Waals surface area contributed by atoms with Gasteiger partial charge in [-0.25, -0.2) is 13.1 Å². The molecule has 1 aliphatic rings. The molecule has 32 heavy (non-hydrogen) atoms. The molecule has 3 aromatic rings. The highest BCUT2D eigenvalue weighted by Gasteiger charge is 2.27. The van der Waals surface area contributed by atoms with Gasteiger partial charge in [-0.15, -0.1) is 0 Å². The highest BCUT2D eigenvalue weighted by Crippen LogP contribution is 2.26. The summed E-state index contributed by atoms with van der Waals surface area (Å²) in [5, 5.41) is 7.14. The van der Waals surface area contributed by atoms with Crippen LogP contribution in [0.25, 0.3) is 5.69 Å². The molecule has 168 valence electrons. The number of nitrogens with zero attached hydrogens (tertiary/aromatic N) is 3. The number of rotatable bonds is 6. The molecule has 0 spiro atoms. The third kappa shape index (κ3) is 4.38.